The molecule has 5 saturated heterocycles. The Hall–Kier alpha value is -1.26. The molecule has 2 unspecified atom stereocenters. The lowest BCUT2D eigenvalue weighted by molar-refractivity contribution is -0.156. The quantitative estimate of drug-likeness (QED) is 0.00994. The van der Waals surface area contributed by atoms with Gasteiger partial charge in [0.2, 0.25) is 0 Å². The Bertz CT molecular complexity index is 2550. The van der Waals surface area contributed by atoms with Crippen molar-refractivity contribution in [3.05, 3.63) is 54.8 Å². The van der Waals surface area contributed by atoms with Crippen LogP contribution in [0.2, 0.25) is 0 Å². The zero-order valence-corrected chi connectivity index (χ0v) is 60.0. The number of allylic oxidation sites excluding steroid dienone is 1. The van der Waals surface area contributed by atoms with Crippen LogP contribution >= 0.6 is 55.1 Å². The molecule has 0 amide bonds. The number of aliphatic hydroxyl groups is 1. The molecule has 0 bridgehead atoms. The summed E-state index contributed by atoms with van der Waals surface area (Å²) in [7, 11) is -9.26. The lowest BCUT2D eigenvalue weighted by Crippen LogP contribution is -2.50. The Morgan fingerprint density at radius 3 is 1.62 bits per heavy atom. The second-order valence-electron chi connectivity index (χ2n) is 26.6. The smallest absolute Gasteiger partial charge is 0.465 e. The fraction of sp³-hybridized carbons (Fsp3) is 0.806. The fourth-order valence-electron chi connectivity index (χ4n) is 12.0. The van der Waals surface area contributed by atoms with Crippen molar-refractivity contribution < 1.29 is 87.5 Å². The Labute approximate surface area is 542 Å². The summed E-state index contributed by atoms with van der Waals surface area (Å²) in [6, 6.07) is 8.64. The van der Waals surface area contributed by atoms with Gasteiger partial charge >= 0.3 is 27.6 Å². The molecule has 5 aliphatic rings. The normalized spacial score (nSPS) is 29.9. The van der Waals surface area contributed by atoms with Crippen LogP contribution in [0.5, 0.6) is 0 Å². The minimum Gasteiger partial charge on any atom is -0.465 e. The predicted molar refractivity (Wildman–Crippen MR) is 348 cm³/mol. The first-order chi connectivity index (χ1) is 39.0. The first-order valence-electron chi connectivity index (χ1n) is 30.1. The van der Waals surface area contributed by atoms with Crippen LogP contribution in [0.15, 0.2) is 59.7 Å². The summed E-state index contributed by atoms with van der Waals surface area (Å²) in [5.41, 5.74) is -6.66. The van der Waals surface area contributed by atoms with E-state index < -0.39 is 59.7 Å². The molecule has 0 radical (unpaired) electrons. The van der Waals surface area contributed by atoms with Gasteiger partial charge in [-0.05, 0) is 148 Å². The summed E-state index contributed by atoms with van der Waals surface area (Å²) in [5, 5.41) is 11.6. The zero-order chi connectivity index (χ0) is 62.8. The Balaban J connectivity index is 0.000000472. The lowest BCUT2D eigenvalue weighted by Gasteiger charge is -2.42. The van der Waals surface area contributed by atoms with Gasteiger partial charge in [-0.1, -0.05) is 118 Å². The number of hydrogen-bond donors (Lipinski definition) is 1. The van der Waals surface area contributed by atoms with Crippen LogP contribution in [0.4, 0.5) is 13.2 Å². The average Bonchev–Trinajstić information content (AvgIpc) is 1.73. The van der Waals surface area contributed by atoms with Crippen molar-refractivity contribution in [1.82, 2.24) is 0 Å². The highest BCUT2D eigenvalue weighted by Gasteiger charge is 2.55. The van der Waals surface area contributed by atoms with Crippen LogP contribution < -0.4 is 0 Å². The predicted octanol–water partition coefficient (Wildman–Crippen LogP) is 12.6. The molecule has 0 aliphatic carbocycles. The minimum atomic E-state index is -5.74. The molecular formula is C62H102F3I2O16PS2. The standard InChI is InChI=1S/C40H63IO8S.C22H34F3IO7S.H2O.H3P/c1-9-26(2)20-35-29(5)33(24-50(44,45)32-15-11-10-12-16-32)36(48-35)22-34(42)28(4)27(3)21-30-17-18-37-40(25-41,49-30)23-31(47-37)14-13-19-46-38(43)39(6,7)8;1-14(15(2)33-34(28,29)22(23,24)25)11-16-8-9-18-21(13-26,32-16)12-17(31-18)7-6-10-30-19(27)20(3,4)5;;/h10-12,15-16,26-27,29-31,33-37,42H,4,9,13-14,17-25H2,1-3,5-8H3;14,16-18H,2,6-13H2,1,3-5H3;1H2;1H3/t26-,27-,29-,30-,31+,33-,34-,35-,36?,37+,40-;14-,16-,17+,18+,21-;;/m11../s1. The fourth-order valence-corrected chi connectivity index (χ4v) is 16.3. The third-order valence-electron chi connectivity index (χ3n) is 17.6. The van der Waals surface area contributed by atoms with E-state index in [0.29, 0.717) is 54.1 Å². The number of alkyl halides is 5. The number of hydrogen-bond acceptors (Lipinski definition) is 15. The molecule has 24 heteroatoms. The number of aliphatic hydroxyl groups excluding tert-OH is 1. The number of carbonyl (C=O) groups excluding carboxylic acids is 2. The average molecular weight is 1510 g/mol. The summed E-state index contributed by atoms with van der Waals surface area (Å²) in [4.78, 5) is 24.3. The highest BCUT2D eigenvalue weighted by molar-refractivity contribution is 14.1. The van der Waals surface area contributed by atoms with Crippen LogP contribution in [-0.4, -0.2) is 139 Å². The number of ether oxygens (including phenoxy) is 7. The van der Waals surface area contributed by atoms with Gasteiger partial charge in [-0.3, -0.25) is 9.59 Å². The second-order valence-corrected chi connectivity index (χ2v) is 31.7. The van der Waals surface area contributed by atoms with Crippen molar-refractivity contribution in [3.8, 4) is 0 Å². The summed E-state index contributed by atoms with van der Waals surface area (Å²) in [5.74, 6) is -1.24. The van der Waals surface area contributed by atoms with E-state index in [-0.39, 0.29) is 112 Å². The SMILES string of the molecule is C=C(OS(=O)(=O)C(F)(F)F)[C@H](C)C[C@H]1CC[C@@H]2O[C@@H](CCCOC(=O)C(C)(C)C)C[C@]2(CI)O1.C=C([C@H](C)C[C@H]1CC[C@@H]2O[C@@H](CCCOC(=O)C(C)(C)C)C[C@]2(CI)O1)[C@H](O)CC1O[C@H](C[C@H](C)CC)[C@H](C)[C@H]1CS(=O)(=O)c1ccccc1.O.P. The first kappa shape index (κ1) is 79.0. The van der Waals surface area contributed by atoms with Gasteiger partial charge in [-0.25, -0.2) is 8.42 Å². The molecule has 5 fully saturated rings. The van der Waals surface area contributed by atoms with Gasteiger partial charge in [0.1, 0.15) is 17.0 Å². The molecule has 16 nitrogen and oxygen atoms in total. The molecule has 1 aromatic rings. The maximum Gasteiger partial charge on any atom is 0.534 e. The summed E-state index contributed by atoms with van der Waals surface area (Å²) in [6.45, 7) is 29.6. The molecule has 5 heterocycles. The van der Waals surface area contributed by atoms with Crippen molar-refractivity contribution in [2.75, 3.05) is 27.8 Å². The molecule has 1 aromatic carbocycles. The van der Waals surface area contributed by atoms with Crippen molar-refractivity contribution in [3.63, 3.8) is 0 Å². The molecule has 86 heavy (non-hydrogen) atoms. The van der Waals surface area contributed by atoms with Crippen LogP contribution in [0.1, 0.15) is 172 Å². The summed E-state index contributed by atoms with van der Waals surface area (Å²) in [6.07, 6.45) is 9.38. The number of benzene rings is 1. The van der Waals surface area contributed by atoms with Crippen molar-refractivity contribution >= 4 is 87.0 Å². The van der Waals surface area contributed by atoms with Crippen molar-refractivity contribution in [2.45, 2.75) is 249 Å². The summed E-state index contributed by atoms with van der Waals surface area (Å²) >= 11 is 4.67. The van der Waals surface area contributed by atoms with E-state index in [1.54, 1.807) is 52.0 Å². The summed E-state index contributed by atoms with van der Waals surface area (Å²) < 4.78 is 136. The highest BCUT2D eigenvalue weighted by Crippen LogP contribution is 2.48. The van der Waals surface area contributed by atoms with E-state index in [4.69, 9.17) is 33.2 Å². The Morgan fingerprint density at radius 2 is 1.19 bits per heavy atom. The van der Waals surface area contributed by atoms with Crippen LogP contribution in [0.3, 0.4) is 0 Å². The van der Waals surface area contributed by atoms with Gasteiger partial charge in [0.25, 0.3) is 0 Å². The van der Waals surface area contributed by atoms with Crippen molar-refractivity contribution in [1.29, 1.82) is 0 Å². The van der Waals surface area contributed by atoms with Gasteiger partial charge in [0.05, 0.1) is 89.6 Å². The number of halogens is 5. The molecule has 5 aliphatic heterocycles. The molecular weight excluding hydrogens is 1410 g/mol. The van der Waals surface area contributed by atoms with Crippen LogP contribution in [0, 0.1) is 40.4 Å². The maximum absolute atomic E-state index is 13.5. The number of rotatable bonds is 27. The Kier molecular flexibility index (Phi) is 30.8. The maximum atomic E-state index is 13.5. The minimum absolute atomic E-state index is 0. The van der Waals surface area contributed by atoms with Gasteiger partial charge in [-0.15, -0.1) is 0 Å². The van der Waals surface area contributed by atoms with Crippen molar-refractivity contribution in [2.24, 2.45) is 40.4 Å². The number of sulfone groups is 1. The number of esters is 2. The third kappa shape index (κ3) is 21.7. The largest absolute Gasteiger partial charge is 0.534 e. The molecule has 0 spiro atoms. The third-order valence-corrected chi connectivity index (χ3v) is 23.0. The van der Waals surface area contributed by atoms with Gasteiger partial charge in [0, 0.05) is 40.0 Å². The number of fused-ring (bicyclic) bond motifs is 2. The van der Waals surface area contributed by atoms with E-state index in [1.165, 1.54) is 0 Å². The van der Waals surface area contributed by atoms with E-state index in [2.05, 4.69) is 90.2 Å². The van der Waals surface area contributed by atoms with Crippen LogP contribution in [0.25, 0.3) is 0 Å². The van der Waals surface area contributed by atoms with E-state index in [0.717, 1.165) is 74.2 Å². The monoisotopic (exact) mass is 1510 g/mol. The van der Waals surface area contributed by atoms with E-state index in [9.17, 15) is 44.7 Å². The zero-order valence-electron chi connectivity index (χ0n) is 52.6. The number of carbonyl (C=O) groups is 2. The topological polar surface area (TPSA) is 228 Å². The van der Waals surface area contributed by atoms with Gasteiger partial charge in [-0.2, -0.15) is 31.5 Å². The van der Waals surface area contributed by atoms with Crippen LogP contribution in [-0.2, 0) is 66.9 Å². The van der Waals surface area contributed by atoms with Gasteiger partial charge in [0.15, 0.2) is 9.84 Å². The molecule has 6 rings (SSSR count). The Morgan fingerprint density at radius 1 is 0.721 bits per heavy atom. The molecule has 498 valence electrons. The molecule has 3 N–H and O–H groups in total. The molecule has 0 saturated carbocycles. The lowest BCUT2D eigenvalue weighted by atomic mass is 9.82. The molecule has 0 aromatic heterocycles. The second kappa shape index (κ2) is 33.5. The molecule has 17 atom stereocenters. The van der Waals surface area contributed by atoms with E-state index >= 15 is 0 Å². The van der Waals surface area contributed by atoms with Gasteiger partial charge < -0.3 is 47.9 Å². The van der Waals surface area contributed by atoms with E-state index in [1.807, 2.05) is 26.8 Å². The highest BCUT2D eigenvalue weighted by atomic mass is 127. The first-order valence-corrected chi connectivity index (χ1v) is 36.2.